The van der Waals surface area contributed by atoms with Gasteiger partial charge in [-0.1, -0.05) is 67.1 Å². The molecule has 1 amide bonds. The van der Waals surface area contributed by atoms with Gasteiger partial charge >= 0.3 is 0 Å². The van der Waals surface area contributed by atoms with Crippen LogP contribution in [0.25, 0.3) is 11.1 Å². The maximum Gasteiger partial charge on any atom is 0.254 e. The fourth-order valence-corrected chi connectivity index (χ4v) is 5.66. The highest BCUT2D eigenvalue weighted by Gasteiger charge is 2.44. The molecule has 1 aliphatic rings. The number of aryl methyl sites for hydroxylation is 1. The Morgan fingerprint density at radius 2 is 1.90 bits per heavy atom. The molecule has 3 aromatic carbocycles. The number of morpholine rings is 1. The zero-order chi connectivity index (χ0) is 27.8. The Bertz CT molecular complexity index is 1270. The first-order valence-electron chi connectivity index (χ1n) is 13.7. The van der Waals surface area contributed by atoms with E-state index in [-0.39, 0.29) is 12.5 Å². The van der Waals surface area contributed by atoms with Gasteiger partial charge in [0.2, 0.25) is 0 Å². The van der Waals surface area contributed by atoms with E-state index in [0.717, 1.165) is 36.0 Å². The van der Waals surface area contributed by atoms with Crippen molar-refractivity contribution in [1.82, 2.24) is 4.90 Å². The summed E-state index contributed by atoms with van der Waals surface area (Å²) in [6.07, 6.45) is 2.20. The van der Waals surface area contributed by atoms with Crippen LogP contribution in [-0.2, 0) is 28.0 Å². The molecule has 3 aromatic rings. The largest absolute Gasteiger partial charge is 0.385 e. The molecule has 0 aliphatic carbocycles. The van der Waals surface area contributed by atoms with E-state index in [1.165, 1.54) is 5.56 Å². The Hall–Kier alpha value is -2.74. The minimum Gasteiger partial charge on any atom is -0.385 e. The highest BCUT2D eigenvalue weighted by Crippen LogP contribution is 2.43. The smallest absolute Gasteiger partial charge is 0.254 e. The molecule has 39 heavy (non-hydrogen) atoms. The summed E-state index contributed by atoms with van der Waals surface area (Å²) in [6, 6.07) is 21.3. The molecular formula is C32H39ClN2O4. The molecule has 3 N–H and O–H groups in total. The minimum atomic E-state index is -1.38. The number of ether oxygens (including phenoxy) is 2. The van der Waals surface area contributed by atoms with Gasteiger partial charge in [0.25, 0.3) is 5.91 Å². The zero-order valence-electron chi connectivity index (χ0n) is 22.9. The number of nitrogens with zero attached hydrogens (tertiary/aromatic N) is 1. The molecule has 1 aliphatic heterocycles. The third kappa shape index (κ3) is 6.71. The van der Waals surface area contributed by atoms with Gasteiger partial charge in [-0.05, 0) is 66.1 Å². The van der Waals surface area contributed by atoms with E-state index in [1.54, 1.807) is 18.1 Å². The van der Waals surface area contributed by atoms with Gasteiger partial charge < -0.3 is 25.2 Å². The van der Waals surface area contributed by atoms with Crippen LogP contribution in [0.2, 0.25) is 5.02 Å². The van der Waals surface area contributed by atoms with Gasteiger partial charge in [0.1, 0.15) is 11.7 Å². The van der Waals surface area contributed by atoms with Crippen LogP contribution >= 0.6 is 11.6 Å². The predicted molar refractivity (Wildman–Crippen MR) is 156 cm³/mol. The number of nitrogens with two attached hydrogens (primary N) is 1. The third-order valence-corrected chi connectivity index (χ3v) is 7.87. The van der Waals surface area contributed by atoms with Crippen LogP contribution in [0.4, 0.5) is 0 Å². The molecule has 0 bridgehead atoms. The molecule has 2 atom stereocenters. The van der Waals surface area contributed by atoms with Crippen molar-refractivity contribution in [2.45, 2.75) is 50.9 Å². The summed E-state index contributed by atoms with van der Waals surface area (Å²) in [7, 11) is 1.68. The summed E-state index contributed by atoms with van der Waals surface area (Å²) >= 11 is 6.83. The Morgan fingerprint density at radius 3 is 2.67 bits per heavy atom. The lowest BCUT2D eigenvalue weighted by Crippen LogP contribution is -2.54. The maximum absolute atomic E-state index is 13.5. The molecule has 0 spiro atoms. The number of carbonyl (C=O) groups is 1. The second kappa shape index (κ2) is 13.6. The lowest BCUT2D eigenvalue weighted by atomic mass is 9.78. The van der Waals surface area contributed by atoms with E-state index in [0.29, 0.717) is 48.9 Å². The number of hydrogen-bond donors (Lipinski definition) is 2. The van der Waals surface area contributed by atoms with Gasteiger partial charge in [0.15, 0.2) is 0 Å². The van der Waals surface area contributed by atoms with Crippen LogP contribution in [0.1, 0.15) is 53.2 Å². The molecule has 0 aromatic heterocycles. The van der Waals surface area contributed by atoms with Crippen molar-refractivity contribution in [3.63, 3.8) is 0 Å². The lowest BCUT2D eigenvalue weighted by molar-refractivity contribution is -0.146. The summed E-state index contributed by atoms with van der Waals surface area (Å²) in [5.74, 6) is -0.0951. The van der Waals surface area contributed by atoms with E-state index >= 15 is 0 Å². The molecule has 7 heteroatoms. The number of amides is 1. The summed E-state index contributed by atoms with van der Waals surface area (Å²) in [6.45, 7) is 4.11. The summed E-state index contributed by atoms with van der Waals surface area (Å²) in [4.78, 5) is 15.3. The van der Waals surface area contributed by atoms with Crippen LogP contribution in [0.3, 0.4) is 0 Å². The molecule has 0 radical (unpaired) electrons. The minimum absolute atomic E-state index is 0.0951. The molecular weight excluding hydrogens is 512 g/mol. The van der Waals surface area contributed by atoms with Crippen molar-refractivity contribution in [2.24, 2.45) is 5.73 Å². The Morgan fingerprint density at radius 1 is 1.13 bits per heavy atom. The van der Waals surface area contributed by atoms with Crippen molar-refractivity contribution in [3.8, 4) is 11.1 Å². The van der Waals surface area contributed by atoms with Crippen LogP contribution in [0.15, 0.2) is 66.7 Å². The summed E-state index contributed by atoms with van der Waals surface area (Å²) in [5, 5.41) is 13.1. The number of hydrogen-bond acceptors (Lipinski definition) is 5. The maximum atomic E-state index is 13.5. The molecule has 0 saturated carbocycles. The van der Waals surface area contributed by atoms with E-state index in [2.05, 4.69) is 19.1 Å². The number of rotatable bonds is 11. The van der Waals surface area contributed by atoms with Gasteiger partial charge in [-0.15, -0.1) is 0 Å². The number of methoxy groups -OCH3 is 1. The molecule has 208 valence electrons. The highest BCUT2D eigenvalue weighted by atomic mass is 35.5. The molecule has 1 fully saturated rings. The monoisotopic (exact) mass is 550 g/mol. The normalized spacial score (nSPS) is 17.2. The van der Waals surface area contributed by atoms with Crippen molar-refractivity contribution in [3.05, 3.63) is 94.0 Å². The van der Waals surface area contributed by atoms with E-state index in [1.807, 2.05) is 48.5 Å². The number of aliphatic hydroxyl groups is 1. The van der Waals surface area contributed by atoms with Crippen molar-refractivity contribution < 1.29 is 19.4 Å². The third-order valence-electron chi connectivity index (χ3n) is 7.56. The quantitative estimate of drug-likeness (QED) is 0.305. The predicted octanol–water partition coefficient (Wildman–Crippen LogP) is 5.57. The van der Waals surface area contributed by atoms with Crippen LogP contribution in [0.5, 0.6) is 0 Å². The molecule has 6 nitrogen and oxygen atoms in total. The Kier molecular flexibility index (Phi) is 10.2. The van der Waals surface area contributed by atoms with E-state index < -0.39 is 11.7 Å². The van der Waals surface area contributed by atoms with Gasteiger partial charge in [0.05, 0.1) is 13.2 Å². The number of halogens is 1. The van der Waals surface area contributed by atoms with Gasteiger partial charge in [-0.2, -0.15) is 0 Å². The second-order valence-electron chi connectivity index (χ2n) is 10.1. The zero-order valence-corrected chi connectivity index (χ0v) is 23.6. The topological polar surface area (TPSA) is 85.0 Å². The van der Waals surface area contributed by atoms with Crippen LogP contribution in [0, 0.1) is 0 Å². The molecule has 1 saturated heterocycles. The van der Waals surface area contributed by atoms with Crippen molar-refractivity contribution in [1.29, 1.82) is 0 Å². The van der Waals surface area contributed by atoms with Crippen molar-refractivity contribution >= 4 is 17.5 Å². The Labute approximate surface area is 236 Å². The molecule has 1 heterocycles. The number of carbonyl (C=O) groups excluding carboxylic acids is 1. The lowest BCUT2D eigenvalue weighted by Gasteiger charge is -2.43. The molecule has 4 rings (SSSR count). The van der Waals surface area contributed by atoms with Gasteiger partial charge in [-0.25, -0.2) is 0 Å². The first kappa shape index (κ1) is 29.2. The average Bonchev–Trinajstić information content (AvgIpc) is 2.98. The summed E-state index contributed by atoms with van der Waals surface area (Å²) < 4.78 is 11.5. The SMILES string of the molecule is CCc1cccc(-c2c(Cl)cccc2[C@](O)(CCCCOC)C2CN(C(=O)c3cccc(CN)c3)CCO2)c1. The first-order chi connectivity index (χ1) is 18.9. The van der Waals surface area contributed by atoms with Crippen molar-refractivity contribution in [2.75, 3.05) is 33.4 Å². The summed E-state index contributed by atoms with van der Waals surface area (Å²) in [5.41, 5.74) is 9.56. The van der Waals surface area contributed by atoms with Crippen LogP contribution in [-0.4, -0.2) is 55.4 Å². The van der Waals surface area contributed by atoms with Crippen LogP contribution < -0.4 is 5.73 Å². The fourth-order valence-electron chi connectivity index (χ4n) is 5.37. The highest BCUT2D eigenvalue weighted by molar-refractivity contribution is 6.33. The van der Waals surface area contributed by atoms with E-state index in [9.17, 15) is 9.90 Å². The number of benzene rings is 3. The standard InChI is InChI=1S/C32H39ClN2O4/c1-3-23-9-6-11-25(19-23)30-27(13-8-14-28(30)33)32(37,15-4-5-17-38-2)29-22-35(16-18-39-29)31(36)26-12-7-10-24(20-26)21-34/h6-14,19-20,29,37H,3-5,15-18,21-22,34H2,1-2H3/t29?,32-/m1/s1. The number of unbranched alkanes of at least 4 members (excludes halogenated alkanes) is 1. The Balaban J connectivity index is 1.72. The fraction of sp³-hybridized carbons (Fsp3) is 0.406. The first-order valence-corrected chi connectivity index (χ1v) is 14.1. The average molecular weight is 551 g/mol. The van der Waals surface area contributed by atoms with E-state index in [4.69, 9.17) is 26.8 Å². The molecule has 1 unspecified atom stereocenters. The second-order valence-corrected chi connectivity index (χ2v) is 10.5. The van der Waals surface area contributed by atoms with Gasteiger partial charge in [0, 0.05) is 43.0 Å². The van der Waals surface area contributed by atoms with Gasteiger partial charge in [-0.3, -0.25) is 4.79 Å².